The Kier molecular flexibility index (Phi) is 3.79. The van der Waals surface area contributed by atoms with Crippen molar-refractivity contribution < 1.29 is 4.39 Å². The van der Waals surface area contributed by atoms with Crippen molar-refractivity contribution in [3.63, 3.8) is 0 Å². The van der Waals surface area contributed by atoms with Crippen molar-refractivity contribution in [2.45, 2.75) is 6.42 Å². The van der Waals surface area contributed by atoms with E-state index < -0.39 is 0 Å². The second-order valence-corrected chi connectivity index (χ2v) is 6.68. The van der Waals surface area contributed by atoms with Crippen LogP contribution in [0.4, 0.5) is 4.39 Å². The Morgan fingerprint density at radius 2 is 1.48 bits per heavy atom. The molecule has 130 valence electrons. The predicted molar refractivity (Wildman–Crippen MR) is 108 cm³/mol. The third-order valence-corrected chi connectivity index (χ3v) is 5.03. The van der Waals surface area contributed by atoms with E-state index in [1.807, 2.05) is 30.3 Å². The first kappa shape index (κ1) is 15.9. The van der Waals surface area contributed by atoms with Crippen molar-refractivity contribution in [2.24, 2.45) is 4.99 Å². The van der Waals surface area contributed by atoms with Crippen molar-refractivity contribution in [3.8, 4) is 11.3 Å². The maximum absolute atomic E-state index is 13.5. The lowest BCUT2D eigenvalue weighted by Crippen LogP contribution is -2.17. The molecule has 2 heterocycles. The standard InChI is InChI=1S/C24H17FN2/c25-18-12-10-17(11-13-18)24-22-20(19-8-4-5-9-21(19)27-24)14-15-26-23(22)16-6-2-1-3-7-16/h1-13H,14-15H2. The zero-order valence-electron chi connectivity index (χ0n) is 14.7. The number of halogens is 1. The van der Waals surface area contributed by atoms with Crippen molar-refractivity contribution in [1.82, 2.24) is 4.98 Å². The minimum absolute atomic E-state index is 0.245. The van der Waals surface area contributed by atoms with Gasteiger partial charge in [0.2, 0.25) is 0 Å². The molecule has 4 aromatic rings. The van der Waals surface area contributed by atoms with Gasteiger partial charge in [0.1, 0.15) is 5.82 Å². The van der Waals surface area contributed by atoms with Crippen molar-refractivity contribution in [1.29, 1.82) is 0 Å². The van der Waals surface area contributed by atoms with Crippen LogP contribution in [0.5, 0.6) is 0 Å². The second-order valence-electron chi connectivity index (χ2n) is 6.68. The van der Waals surface area contributed by atoms with Crippen LogP contribution >= 0.6 is 0 Å². The Labute approximate surface area is 157 Å². The van der Waals surface area contributed by atoms with Gasteiger partial charge in [-0.1, -0.05) is 48.5 Å². The van der Waals surface area contributed by atoms with Gasteiger partial charge in [-0.3, -0.25) is 4.99 Å². The summed E-state index contributed by atoms with van der Waals surface area (Å²) < 4.78 is 13.5. The van der Waals surface area contributed by atoms with Crippen LogP contribution in [0.2, 0.25) is 0 Å². The Morgan fingerprint density at radius 1 is 0.741 bits per heavy atom. The van der Waals surface area contributed by atoms with Crippen LogP contribution in [0.1, 0.15) is 16.7 Å². The molecule has 1 aliphatic rings. The number of rotatable bonds is 2. The highest BCUT2D eigenvalue weighted by atomic mass is 19.1. The van der Waals surface area contributed by atoms with Gasteiger partial charge in [-0.2, -0.15) is 0 Å². The highest BCUT2D eigenvalue weighted by Crippen LogP contribution is 2.34. The summed E-state index contributed by atoms with van der Waals surface area (Å²) in [4.78, 5) is 9.82. The number of hydrogen-bond donors (Lipinski definition) is 0. The minimum atomic E-state index is -0.245. The predicted octanol–water partition coefficient (Wildman–Crippen LogP) is 5.43. The van der Waals surface area contributed by atoms with Crippen LogP contribution in [0.3, 0.4) is 0 Å². The van der Waals surface area contributed by atoms with E-state index in [4.69, 9.17) is 9.98 Å². The van der Waals surface area contributed by atoms with E-state index in [2.05, 4.69) is 24.3 Å². The van der Waals surface area contributed by atoms with Crippen molar-refractivity contribution in [2.75, 3.05) is 6.54 Å². The molecule has 1 aromatic heterocycles. The number of aromatic nitrogens is 1. The van der Waals surface area contributed by atoms with Gasteiger partial charge in [0.25, 0.3) is 0 Å². The van der Waals surface area contributed by atoms with Crippen LogP contribution < -0.4 is 0 Å². The van der Waals surface area contributed by atoms with E-state index in [9.17, 15) is 4.39 Å². The van der Waals surface area contributed by atoms with Gasteiger partial charge in [0.15, 0.2) is 0 Å². The lowest BCUT2D eigenvalue weighted by Gasteiger charge is -2.22. The van der Waals surface area contributed by atoms with E-state index in [1.165, 1.54) is 23.1 Å². The third-order valence-electron chi connectivity index (χ3n) is 5.03. The first-order valence-corrected chi connectivity index (χ1v) is 9.09. The van der Waals surface area contributed by atoms with Crippen LogP contribution in [-0.4, -0.2) is 17.2 Å². The number of para-hydroxylation sites is 1. The first-order chi connectivity index (χ1) is 13.3. The number of hydrogen-bond acceptors (Lipinski definition) is 2. The van der Waals surface area contributed by atoms with Gasteiger partial charge in [0.05, 0.1) is 16.9 Å². The average molecular weight is 352 g/mol. The van der Waals surface area contributed by atoms with Crippen molar-refractivity contribution >= 4 is 16.6 Å². The van der Waals surface area contributed by atoms with E-state index >= 15 is 0 Å². The van der Waals surface area contributed by atoms with E-state index in [0.29, 0.717) is 0 Å². The molecule has 3 heteroatoms. The summed E-state index contributed by atoms with van der Waals surface area (Å²) in [5.41, 5.74) is 7.12. The summed E-state index contributed by atoms with van der Waals surface area (Å²) in [6.07, 6.45) is 0.878. The van der Waals surface area contributed by atoms with Gasteiger partial charge >= 0.3 is 0 Å². The van der Waals surface area contributed by atoms with Crippen molar-refractivity contribution in [3.05, 3.63) is 101 Å². The SMILES string of the molecule is Fc1ccc(-c2nc3ccccc3c3c2C(c2ccccc2)=NCC3)cc1. The Hall–Kier alpha value is -3.33. The maximum Gasteiger partial charge on any atom is 0.123 e. The molecule has 0 aliphatic carbocycles. The summed E-state index contributed by atoms with van der Waals surface area (Å²) in [5, 5.41) is 1.17. The Balaban J connectivity index is 1.85. The third kappa shape index (κ3) is 2.72. The van der Waals surface area contributed by atoms with Gasteiger partial charge in [-0.15, -0.1) is 0 Å². The molecule has 0 fully saturated rings. The molecule has 27 heavy (non-hydrogen) atoms. The number of aliphatic imine (C=N–C) groups is 1. The van der Waals surface area contributed by atoms with E-state index in [-0.39, 0.29) is 5.82 Å². The number of fused-ring (bicyclic) bond motifs is 3. The molecule has 0 radical (unpaired) electrons. The molecule has 2 nitrogen and oxygen atoms in total. The Bertz CT molecular complexity index is 1160. The first-order valence-electron chi connectivity index (χ1n) is 9.09. The zero-order chi connectivity index (χ0) is 18.2. The highest BCUT2D eigenvalue weighted by molar-refractivity contribution is 6.19. The van der Waals surface area contributed by atoms with E-state index in [1.54, 1.807) is 12.1 Å². The number of benzene rings is 3. The molecule has 0 spiro atoms. The van der Waals surface area contributed by atoms with Gasteiger partial charge < -0.3 is 0 Å². The second kappa shape index (κ2) is 6.44. The largest absolute Gasteiger partial charge is 0.284 e. The van der Waals surface area contributed by atoms with E-state index in [0.717, 1.165) is 46.6 Å². The zero-order valence-corrected chi connectivity index (χ0v) is 14.7. The summed E-state index contributed by atoms with van der Waals surface area (Å²) in [6, 6.07) is 25.0. The van der Waals surface area contributed by atoms with Crippen LogP contribution in [0, 0.1) is 5.82 Å². The van der Waals surface area contributed by atoms with Crippen LogP contribution in [0.15, 0.2) is 83.9 Å². The van der Waals surface area contributed by atoms with Crippen LogP contribution in [0.25, 0.3) is 22.2 Å². The number of nitrogens with zero attached hydrogens (tertiary/aromatic N) is 2. The monoisotopic (exact) mass is 352 g/mol. The van der Waals surface area contributed by atoms with Gasteiger partial charge in [-0.25, -0.2) is 9.37 Å². The summed E-state index contributed by atoms with van der Waals surface area (Å²) in [7, 11) is 0. The van der Waals surface area contributed by atoms with Crippen LogP contribution in [-0.2, 0) is 6.42 Å². The molecule has 0 saturated heterocycles. The maximum atomic E-state index is 13.5. The lowest BCUT2D eigenvalue weighted by molar-refractivity contribution is 0.628. The average Bonchev–Trinajstić information content (AvgIpc) is 2.74. The molecular formula is C24H17FN2. The summed E-state index contributed by atoms with van der Waals surface area (Å²) in [6.45, 7) is 0.758. The quantitative estimate of drug-likeness (QED) is 0.472. The molecule has 0 atom stereocenters. The smallest absolute Gasteiger partial charge is 0.123 e. The molecule has 0 amide bonds. The number of pyridine rings is 1. The van der Waals surface area contributed by atoms with Gasteiger partial charge in [-0.05, 0) is 42.3 Å². The van der Waals surface area contributed by atoms with Gasteiger partial charge in [0, 0.05) is 28.6 Å². The lowest BCUT2D eigenvalue weighted by atomic mass is 9.87. The normalized spacial score (nSPS) is 13.3. The highest BCUT2D eigenvalue weighted by Gasteiger charge is 2.24. The molecule has 0 unspecified atom stereocenters. The Morgan fingerprint density at radius 3 is 2.30 bits per heavy atom. The molecule has 0 saturated carbocycles. The minimum Gasteiger partial charge on any atom is -0.284 e. The fourth-order valence-corrected chi connectivity index (χ4v) is 3.80. The fourth-order valence-electron chi connectivity index (χ4n) is 3.80. The molecular weight excluding hydrogens is 335 g/mol. The summed E-state index contributed by atoms with van der Waals surface area (Å²) >= 11 is 0. The molecule has 0 N–H and O–H groups in total. The molecule has 0 bridgehead atoms. The molecule has 3 aromatic carbocycles. The fraction of sp³-hybridized carbons (Fsp3) is 0.0833. The summed E-state index contributed by atoms with van der Waals surface area (Å²) in [5.74, 6) is -0.245. The molecule has 1 aliphatic heterocycles. The topological polar surface area (TPSA) is 25.2 Å². The molecule has 5 rings (SSSR count).